The summed E-state index contributed by atoms with van der Waals surface area (Å²) in [6.07, 6.45) is -4.43. The molecule has 0 unspecified atom stereocenters. The third kappa shape index (κ3) is 4.02. The molecule has 1 aromatic carbocycles. The summed E-state index contributed by atoms with van der Waals surface area (Å²) in [6.45, 7) is 1.75. The zero-order valence-electron chi connectivity index (χ0n) is 15.3. The van der Waals surface area contributed by atoms with Crippen LogP contribution in [0.25, 0.3) is 11.4 Å². The van der Waals surface area contributed by atoms with Crippen molar-refractivity contribution in [3.05, 3.63) is 59.4 Å². The summed E-state index contributed by atoms with van der Waals surface area (Å²) in [5, 5.41) is 3.81. The van der Waals surface area contributed by atoms with E-state index in [1.165, 1.54) is 19.2 Å². The van der Waals surface area contributed by atoms with E-state index in [-0.39, 0.29) is 23.1 Å². The van der Waals surface area contributed by atoms with Crippen LogP contribution in [0, 0.1) is 0 Å². The van der Waals surface area contributed by atoms with Crippen molar-refractivity contribution in [1.29, 1.82) is 0 Å². The molecule has 0 atom stereocenters. The predicted molar refractivity (Wildman–Crippen MR) is 92.8 cm³/mol. The number of methoxy groups -OCH3 is 1. The van der Waals surface area contributed by atoms with Crippen molar-refractivity contribution >= 4 is 5.97 Å². The molecule has 4 rings (SSSR count). The highest BCUT2D eigenvalue weighted by Crippen LogP contribution is 2.33. The number of likely N-dealkylation sites (tertiary alicyclic amines) is 1. The van der Waals surface area contributed by atoms with Gasteiger partial charge in [0.1, 0.15) is 5.76 Å². The average molecular weight is 407 g/mol. The molecule has 152 valence electrons. The Bertz CT molecular complexity index is 1020. The minimum Gasteiger partial charge on any atom is -0.463 e. The van der Waals surface area contributed by atoms with Gasteiger partial charge in [0.25, 0.3) is 0 Å². The topological polar surface area (TPSA) is 81.6 Å². The van der Waals surface area contributed by atoms with Gasteiger partial charge >= 0.3 is 12.1 Å². The van der Waals surface area contributed by atoms with Crippen LogP contribution in [0.2, 0.25) is 0 Å². The first kappa shape index (κ1) is 19.2. The Kier molecular flexibility index (Phi) is 4.87. The molecule has 0 amide bonds. The van der Waals surface area contributed by atoms with Crippen molar-refractivity contribution in [2.24, 2.45) is 0 Å². The summed E-state index contributed by atoms with van der Waals surface area (Å²) >= 11 is 0. The maximum Gasteiger partial charge on any atom is 0.416 e. The second-order valence-electron chi connectivity index (χ2n) is 6.68. The molecule has 10 heteroatoms. The number of ether oxygens (including phenoxy) is 1. The van der Waals surface area contributed by atoms with Gasteiger partial charge in [-0.15, -0.1) is 0 Å². The van der Waals surface area contributed by atoms with Gasteiger partial charge in [-0.25, -0.2) is 4.79 Å². The molecule has 0 spiro atoms. The van der Waals surface area contributed by atoms with Crippen LogP contribution in [-0.4, -0.2) is 41.2 Å². The summed E-state index contributed by atoms with van der Waals surface area (Å²) in [5.74, 6) is 0.714. The number of alkyl halides is 3. The SMILES string of the molecule is COC(=O)c1ccc(CN2CC(c3nc(-c4cccc(C(F)(F)F)c4)no3)C2)o1. The maximum atomic E-state index is 12.9. The van der Waals surface area contributed by atoms with Gasteiger partial charge in [-0.2, -0.15) is 18.2 Å². The first-order valence-corrected chi connectivity index (χ1v) is 8.74. The van der Waals surface area contributed by atoms with Crippen LogP contribution in [0.1, 0.15) is 33.7 Å². The molecule has 0 N–H and O–H groups in total. The number of benzene rings is 1. The van der Waals surface area contributed by atoms with E-state index in [0.29, 0.717) is 31.3 Å². The molecule has 1 aliphatic rings. The normalized spacial score (nSPS) is 15.3. The van der Waals surface area contributed by atoms with E-state index in [2.05, 4.69) is 19.8 Å². The molecule has 7 nitrogen and oxygen atoms in total. The number of hydrogen-bond donors (Lipinski definition) is 0. The smallest absolute Gasteiger partial charge is 0.416 e. The fourth-order valence-electron chi connectivity index (χ4n) is 3.10. The van der Waals surface area contributed by atoms with Crippen LogP contribution in [0.5, 0.6) is 0 Å². The fraction of sp³-hybridized carbons (Fsp3) is 0.316. The summed E-state index contributed by atoms with van der Waals surface area (Å²) < 4.78 is 53.9. The number of carbonyl (C=O) groups is 1. The Balaban J connectivity index is 1.37. The number of carbonyl (C=O) groups excluding carboxylic acids is 1. The standard InChI is InChI=1S/C19H16F3N3O4/c1-27-18(26)15-6-5-14(28-15)10-25-8-12(9-25)17-23-16(24-29-17)11-3-2-4-13(7-11)19(20,21)22/h2-7,12H,8-10H2,1H3. The second kappa shape index (κ2) is 7.36. The van der Waals surface area contributed by atoms with Crippen molar-refractivity contribution in [1.82, 2.24) is 15.0 Å². The van der Waals surface area contributed by atoms with Gasteiger partial charge in [0.2, 0.25) is 17.5 Å². The lowest BCUT2D eigenvalue weighted by molar-refractivity contribution is -0.137. The van der Waals surface area contributed by atoms with Crippen molar-refractivity contribution in [3.63, 3.8) is 0 Å². The van der Waals surface area contributed by atoms with E-state index in [1.54, 1.807) is 12.1 Å². The van der Waals surface area contributed by atoms with Gasteiger partial charge in [-0.05, 0) is 24.3 Å². The highest BCUT2D eigenvalue weighted by atomic mass is 19.4. The van der Waals surface area contributed by atoms with Gasteiger partial charge in [0.05, 0.1) is 25.1 Å². The van der Waals surface area contributed by atoms with Crippen molar-refractivity contribution in [2.75, 3.05) is 20.2 Å². The largest absolute Gasteiger partial charge is 0.463 e. The van der Waals surface area contributed by atoms with E-state index < -0.39 is 17.7 Å². The molecule has 3 aromatic rings. The Hall–Kier alpha value is -3.14. The summed E-state index contributed by atoms with van der Waals surface area (Å²) in [7, 11) is 1.28. The average Bonchev–Trinajstić information content (AvgIpc) is 3.33. The number of esters is 1. The number of halogens is 3. The predicted octanol–water partition coefficient (Wildman–Crippen LogP) is 3.73. The molecule has 1 fully saturated rings. The zero-order chi connectivity index (χ0) is 20.6. The quantitative estimate of drug-likeness (QED) is 0.596. The first-order valence-electron chi connectivity index (χ1n) is 8.74. The van der Waals surface area contributed by atoms with Crippen LogP contribution in [0.3, 0.4) is 0 Å². The lowest BCUT2D eigenvalue weighted by atomic mass is 10.00. The lowest BCUT2D eigenvalue weighted by Crippen LogP contribution is -2.44. The van der Waals surface area contributed by atoms with E-state index in [4.69, 9.17) is 8.94 Å². The number of aromatic nitrogens is 2. The Morgan fingerprint density at radius 2 is 2.07 bits per heavy atom. The molecule has 1 aliphatic heterocycles. The summed E-state index contributed by atoms with van der Waals surface area (Å²) in [4.78, 5) is 17.7. The van der Waals surface area contributed by atoms with Gasteiger partial charge in [-0.1, -0.05) is 17.3 Å². The second-order valence-corrected chi connectivity index (χ2v) is 6.68. The molecule has 0 radical (unpaired) electrons. The lowest BCUT2D eigenvalue weighted by Gasteiger charge is -2.36. The van der Waals surface area contributed by atoms with Gasteiger partial charge < -0.3 is 13.7 Å². The molecule has 0 saturated carbocycles. The molecular formula is C19H16F3N3O4. The Labute approximate surface area is 163 Å². The van der Waals surface area contributed by atoms with Crippen LogP contribution < -0.4 is 0 Å². The van der Waals surface area contributed by atoms with Crippen molar-refractivity contribution in [3.8, 4) is 11.4 Å². The van der Waals surface area contributed by atoms with Crippen molar-refractivity contribution in [2.45, 2.75) is 18.6 Å². The summed E-state index contributed by atoms with van der Waals surface area (Å²) in [6, 6.07) is 8.07. The highest BCUT2D eigenvalue weighted by molar-refractivity contribution is 5.86. The number of hydrogen-bond acceptors (Lipinski definition) is 7. The zero-order valence-corrected chi connectivity index (χ0v) is 15.3. The maximum absolute atomic E-state index is 12.9. The molecule has 3 heterocycles. The van der Waals surface area contributed by atoms with Crippen LogP contribution in [0.15, 0.2) is 45.3 Å². The van der Waals surface area contributed by atoms with Crippen molar-refractivity contribution < 1.29 is 31.6 Å². The highest BCUT2D eigenvalue weighted by Gasteiger charge is 2.34. The third-order valence-electron chi connectivity index (χ3n) is 4.62. The van der Waals surface area contributed by atoms with Crippen LogP contribution in [0.4, 0.5) is 13.2 Å². The number of nitrogens with zero attached hydrogens (tertiary/aromatic N) is 3. The minimum absolute atomic E-state index is 0.0166. The fourth-order valence-corrected chi connectivity index (χ4v) is 3.10. The van der Waals surface area contributed by atoms with E-state index >= 15 is 0 Å². The minimum atomic E-state index is -4.43. The Morgan fingerprint density at radius 1 is 1.28 bits per heavy atom. The van der Waals surface area contributed by atoms with E-state index in [0.717, 1.165) is 12.1 Å². The van der Waals surface area contributed by atoms with Gasteiger partial charge in [0.15, 0.2) is 0 Å². The molecule has 0 bridgehead atoms. The molecule has 2 aromatic heterocycles. The molecular weight excluding hydrogens is 391 g/mol. The van der Waals surface area contributed by atoms with E-state index in [9.17, 15) is 18.0 Å². The first-order chi connectivity index (χ1) is 13.8. The summed E-state index contributed by atoms with van der Waals surface area (Å²) in [5.41, 5.74) is -0.516. The van der Waals surface area contributed by atoms with Crippen LogP contribution >= 0.6 is 0 Å². The monoisotopic (exact) mass is 407 g/mol. The molecule has 0 aliphatic carbocycles. The molecule has 1 saturated heterocycles. The van der Waals surface area contributed by atoms with Crippen LogP contribution in [-0.2, 0) is 17.5 Å². The molecule has 29 heavy (non-hydrogen) atoms. The number of furan rings is 1. The number of rotatable bonds is 5. The Morgan fingerprint density at radius 3 is 2.79 bits per heavy atom. The van der Waals surface area contributed by atoms with Gasteiger partial charge in [-0.3, -0.25) is 4.90 Å². The van der Waals surface area contributed by atoms with Gasteiger partial charge in [0, 0.05) is 18.7 Å². The van der Waals surface area contributed by atoms with E-state index in [1.807, 2.05) is 0 Å². The third-order valence-corrected chi connectivity index (χ3v) is 4.62.